The van der Waals surface area contributed by atoms with Gasteiger partial charge in [-0.25, -0.2) is 9.97 Å². The number of aryl methyl sites for hydroxylation is 1. The predicted molar refractivity (Wildman–Crippen MR) is 66.8 cm³/mol. The van der Waals surface area contributed by atoms with Crippen molar-refractivity contribution in [3.63, 3.8) is 0 Å². The van der Waals surface area contributed by atoms with Gasteiger partial charge in [-0.3, -0.25) is 0 Å². The summed E-state index contributed by atoms with van der Waals surface area (Å²) < 4.78 is 5.51. The van der Waals surface area contributed by atoms with E-state index in [9.17, 15) is 0 Å². The van der Waals surface area contributed by atoms with Gasteiger partial charge in [0.15, 0.2) is 5.56 Å². The molecule has 18 heavy (non-hydrogen) atoms. The number of benzene rings is 1. The highest BCUT2D eigenvalue weighted by Gasteiger charge is 2.11. The number of nitrogen functional groups attached to an aromatic ring is 2. The standard InChI is InChI=1S/C12H11N5O/c1-7-4-8(2-3-10(7)14)18-12-9(5-13)11(15)16-6-17-12/h2-4,6H,14H2,1H3,(H2,15,16,17). The van der Waals surface area contributed by atoms with Crippen LogP contribution in [0.4, 0.5) is 11.5 Å². The molecule has 0 aliphatic carbocycles. The second-order valence-electron chi connectivity index (χ2n) is 3.67. The number of anilines is 2. The molecular formula is C12H11N5O. The summed E-state index contributed by atoms with van der Waals surface area (Å²) in [7, 11) is 0. The number of nitriles is 1. The predicted octanol–water partition coefficient (Wildman–Crippen LogP) is 1.61. The molecule has 0 spiro atoms. The van der Waals surface area contributed by atoms with Crippen LogP contribution in [-0.4, -0.2) is 9.97 Å². The van der Waals surface area contributed by atoms with Crippen LogP contribution in [0.3, 0.4) is 0 Å². The summed E-state index contributed by atoms with van der Waals surface area (Å²) in [6.45, 7) is 1.86. The van der Waals surface area contributed by atoms with E-state index in [-0.39, 0.29) is 17.3 Å². The maximum atomic E-state index is 8.97. The first kappa shape index (κ1) is 11.7. The molecule has 1 aromatic carbocycles. The first-order chi connectivity index (χ1) is 8.61. The van der Waals surface area contributed by atoms with Crippen molar-refractivity contribution in [1.82, 2.24) is 9.97 Å². The first-order valence-corrected chi connectivity index (χ1v) is 5.16. The van der Waals surface area contributed by atoms with E-state index in [0.717, 1.165) is 5.56 Å². The van der Waals surface area contributed by atoms with Crippen LogP contribution < -0.4 is 16.2 Å². The van der Waals surface area contributed by atoms with Gasteiger partial charge in [0.05, 0.1) is 0 Å². The molecule has 0 saturated heterocycles. The Morgan fingerprint density at radius 2 is 2.06 bits per heavy atom. The molecule has 1 aromatic heterocycles. The number of hydrogen-bond acceptors (Lipinski definition) is 6. The molecule has 0 aliphatic heterocycles. The zero-order valence-electron chi connectivity index (χ0n) is 9.71. The number of hydrogen-bond donors (Lipinski definition) is 2. The topological polar surface area (TPSA) is 111 Å². The molecule has 2 rings (SSSR count). The van der Waals surface area contributed by atoms with Crippen LogP contribution in [0.15, 0.2) is 24.5 Å². The minimum Gasteiger partial charge on any atom is -0.437 e. The van der Waals surface area contributed by atoms with Crippen molar-refractivity contribution in [1.29, 1.82) is 5.26 Å². The maximum absolute atomic E-state index is 8.97. The van der Waals surface area contributed by atoms with Crippen molar-refractivity contribution in [3.05, 3.63) is 35.7 Å². The number of ether oxygens (including phenoxy) is 1. The van der Waals surface area contributed by atoms with Crippen molar-refractivity contribution in [2.24, 2.45) is 0 Å². The van der Waals surface area contributed by atoms with E-state index in [2.05, 4.69) is 9.97 Å². The lowest BCUT2D eigenvalue weighted by Gasteiger charge is -2.08. The third kappa shape index (κ3) is 2.15. The van der Waals surface area contributed by atoms with Gasteiger partial charge in [-0.2, -0.15) is 5.26 Å². The third-order valence-electron chi connectivity index (χ3n) is 2.41. The summed E-state index contributed by atoms with van der Waals surface area (Å²) in [6, 6.07) is 7.09. The molecule has 0 fully saturated rings. The van der Waals surface area contributed by atoms with E-state index in [0.29, 0.717) is 11.4 Å². The van der Waals surface area contributed by atoms with Crippen molar-refractivity contribution < 1.29 is 4.74 Å². The van der Waals surface area contributed by atoms with Gasteiger partial charge < -0.3 is 16.2 Å². The van der Waals surface area contributed by atoms with Gasteiger partial charge in [-0.1, -0.05) is 0 Å². The summed E-state index contributed by atoms with van der Waals surface area (Å²) >= 11 is 0. The van der Waals surface area contributed by atoms with Gasteiger partial charge in [0.2, 0.25) is 5.88 Å². The average Bonchev–Trinajstić information content (AvgIpc) is 2.34. The summed E-state index contributed by atoms with van der Waals surface area (Å²) in [5.41, 5.74) is 12.9. The van der Waals surface area contributed by atoms with Crippen LogP contribution in [-0.2, 0) is 0 Å². The Bertz CT molecular complexity index is 633. The molecule has 0 radical (unpaired) electrons. The Morgan fingerprint density at radius 1 is 1.28 bits per heavy atom. The smallest absolute Gasteiger partial charge is 0.242 e. The highest BCUT2D eigenvalue weighted by Crippen LogP contribution is 2.26. The normalized spacial score (nSPS) is 9.78. The second kappa shape index (κ2) is 4.59. The number of nitrogens with zero attached hydrogens (tertiary/aromatic N) is 3. The van der Waals surface area contributed by atoms with Crippen molar-refractivity contribution in [3.8, 4) is 17.7 Å². The SMILES string of the molecule is Cc1cc(Oc2ncnc(N)c2C#N)ccc1N. The Kier molecular flexibility index (Phi) is 2.98. The van der Waals surface area contributed by atoms with Crippen LogP contribution in [0.2, 0.25) is 0 Å². The number of aromatic nitrogens is 2. The Balaban J connectivity index is 2.37. The fourth-order valence-electron chi connectivity index (χ4n) is 1.39. The van der Waals surface area contributed by atoms with E-state index in [4.69, 9.17) is 21.5 Å². The van der Waals surface area contributed by atoms with Gasteiger partial charge in [-0.05, 0) is 30.7 Å². The summed E-state index contributed by atoms with van der Waals surface area (Å²) in [4.78, 5) is 7.62. The van der Waals surface area contributed by atoms with Gasteiger partial charge in [0.1, 0.15) is 24.0 Å². The molecule has 0 bridgehead atoms. The van der Waals surface area contributed by atoms with E-state index < -0.39 is 0 Å². The van der Waals surface area contributed by atoms with E-state index in [1.54, 1.807) is 18.2 Å². The van der Waals surface area contributed by atoms with E-state index in [1.807, 2.05) is 13.0 Å². The Morgan fingerprint density at radius 3 is 2.72 bits per heavy atom. The van der Waals surface area contributed by atoms with Crippen LogP contribution in [0.1, 0.15) is 11.1 Å². The lowest BCUT2D eigenvalue weighted by molar-refractivity contribution is 0.460. The monoisotopic (exact) mass is 241 g/mol. The summed E-state index contributed by atoms with van der Waals surface area (Å²) in [6.07, 6.45) is 1.25. The zero-order chi connectivity index (χ0) is 13.1. The molecule has 0 amide bonds. The van der Waals surface area contributed by atoms with Gasteiger partial charge >= 0.3 is 0 Å². The quantitative estimate of drug-likeness (QED) is 0.772. The molecule has 0 atom stereocenters. The summed E-state index contributed by atoms with van der Waals surface area (Å²) in [5.74, 6) is 0.764. The molecule has 6 nitrogen and oxygen atoms in total. The van der Waals surface area contributed by atoms with E-state index >= 15 is 0 Å². The lowest BCUT2D eigenvalue weighted by atomic mass is 10.2. The number of nitrogens with two attached hydrogens (primary N) is 2. The molecule has 0 saturated carbocycles. The zero-order valence-corrected chi connectivity index (χ0v) is 9.71. The summed E-state index contributed by atoms with van der Waals surface area (Å²) in [5, 5.41) is 8.97. The van der Waals surface area contributed by atoms with Gasteiger partial charge in [0, 0.05) is 5.69 Å². The minimum atomic E-state index is 0.0923. The van der Waals surface area contributed by atoms with Crippen LogP contribution in [0, 0.1) is 18.3 Å². The van der Waals surface area contributed by atoms with Crippen LogP contribution >= 0.6 is 0 Å². The van der Waals surface area contributed by atoms with Crippen molar-refractivity contribution in [2.45, 2.75) is 6.92 Å². The van der Waals surface area contributed by atoms with Gasteiger partial charge in [-0.15, -0.1) is 0 Å². The van der Waals surface area contributed by atoms with Crippen molar-refractivity contribution in [2.75, 3.05) is 11.5 Å². The largest absolute Gasteiger partial charge is 0.437 e. The molecule has 0 unspecified atom stereocenters. The number of rotatable bonds is 2. The first-order valence-electron chi connectivity index (χ1n) is 5.16. The fourth-order valence-corrected chi connectivity index (χ4v) is 1.39. The molecular weight excluding hydrogens is 230 g/mol. The molecule has 4 N–H and O–H groups in total. The fraction of sp³-hybridized carbons (Fsp3) is 0.0833. The molecule has 6 heteroatoms. The lowest BCUT2D eigenvalue weighted by Crippen LogP contribution is -2.00. The minimum absolute atomic E-state index is 0.0923. The highest BCUT2D eigenvalue weighted by atomic mass is 16.5. The van der Waals surface area contributed by atoms with Crippen LogP contribution in [0.25, 0.3) is 0 Å². The maximum Gasteiger partial charge on any atom is 0.242 e. The molecule has 0 aliphatic rings. The van der Waals surface area contributed by atoms with Crippen LogP contribution in [0.5, 0.6) is 11.6 Å². The molecule has 90 valence electrons. The Labute approximate surface area is 104 Å². The molecule has 2 aromatic rings. The van der Waals surface area contributed by atoms with E-state index in [1.165, 1.54) is 6.33 Å². The molecule has 1 heterocycles. The Hall–Kier alpha value is -2.81. The second-order valence-corrected chi connectivity index (χ2v) is 3.67. The van der Waals surface area contributed by atoms with Gasteiger partial charge in [0.25, 0.3) is 0 Å². The average molecular weight is 241 g/mol. The third-order valence-corrected chi connectivity index (χ3v) is 2.41. The van der Waals surface area contributed by atoms with Crippen molar-refractivity contribution >= 4 is 11.5 Å². The highest BCUT2D eigenvalue weighted by molar-refractivity contribution is 5.55.